The molecule has 6 nitrogen and oxygen atoms in total. The third kappa shape index (κ3) is 6.95. The van der Waals surface area contributed by atoms with Crippen molar-refractivity contribution in [3.63, 3.8) is 0 Å². The fraction of sp³-hybridized carbons (Fsp3) is 0.300. The van der Waals surface area contributed by atoms with Crippen molar-refractivity contribution in [2.24, 2.45) is 5.92 Å². The van der Waals surface area contributed by atoms with Gasteiger partial charge in [0.25, 0.3) is 5.91 Å². The minimum atomic E-state index is -1.40. The number of carbonyl (C=O) groups is 3. The topological polar surface area (TPSA) is 75.7 Å². The molecule has 3 aromatic carbocycles. The molecule has 0 bridgehead atoms. The molecule has 4 rings (SSSR count). The first-order chi connectivity index (χ1) is 20.2. The maximum atomic E-state index is 15.5. The number of carbonyl (C=O) groups excluding carboxylic acids is 3. The molecule has 0 saturated heterocycles. The number of ether oxygens (including phenoxy) is 1. The van der Waals surface area contributed by atoms with Crippen LogP contribution in [0.4, 0.5) is 20.2 Å². The normalized spacial score (nSPS) is 17.7. The number of halogens is 7. The number of hydrogen-bond donors (Lipinski definition) is 1. The Morgan fingerprint density at radius 3 is 2.33 bits per heavy atom. The smallest absolute Gasteiger partial charge is 0.255 e. The summed E-state index contributed by atoms with van der Waals surface area (Å²) in [5.74, 6) is -5.23. The molecule has 0 spiro atoms. The zero-order valence-electron chi connectivity index (χ0n) is 23.0. The van der Waals surface area contributed by atoms with Gasteiger partial charge in [-0.25, -0.2) is 8.78 Å². The summed E-state index contributed by atoms with van der Waals surface area (Å²) in [4.78, 5) is 39.8. The van der Waals surface area contributed by atoms with E-state index >= 15 is 4.39 Å². The maximum absolute atomic E-state index is 15.5. The van der Waals surface area contributed by atoms with E-state index in [1.165, 1.54) is 32.2 Å². The molecule has 0 aromatic heterocycles. The van der Waals surface area contributed by atoms with E-state index in [9.17, 15) is 18.8 Å². The van der Waals surface area contributed by atoms with Crippen LogP contribution in [0.25, 0.3) is 0 Å². The highest BCUT2D eigenvalue weighted by Gasteiger charge is 2.67. The Morgan fingerprint density at radius 1 is 1.00 bits per heavy atom. The molecule has 1 aliphatic rings. The van der Waals surface area contributed by atoms with Crippen molar-refractivity contribution < 1.29 is 27.9 Å². The highest BCUT2D eigenvalue weighted by molar-refractivity contribution is 6.53. The zero-order valence-corrected chi connectivity index (χ0v) is 26.8. The third-order valence-corrected chi connectivity index (χ3v) is 9.11. The van der Waals surface area contributed by atoms with E-state index in [1.807, 2.05) is 0 Å². The van der Waals surface area contributed by atoms with Crippen LogP contribution in [0.5, 0.6) is 0 Å². The molecule has 0 aliphatic heterocycles. The highest BCUT2D eigenvalue weighted by atomic mass is 35.5. The molecule has 13 heteroatoms. The van der Waals surface area contributed by atoms with Crippen LogP contribution >= 0.6 is 58.0 Å². The number of ketones is 1. The fourth-order valence-corrected chi connectivity index (χ4v) is 6.17. The fourth-order valence-electron chi connectivity index (χ4n) is 4.81. The van der Waals surface area contributed by atoms with Crippen LogP contribution in [-0.4, -0.2) is 41.7 Å². The Morgan fingerprint density at radius 2 is 1.67 bits per heavy atom. The second-order valence-electron chi connectivity index (χ2n) is 9.95. The van der Waals surface area contributed by atoms with Crippen molar-refractivity contribution in [3.05, 3.63) is 91.9 Å². The predicted octanol–water partition coefficient (Wildman–Crippen LogP) is 8.26. The lowest BCUT2D eigenvalue weighted by Gasteiger charge is -2.23. The van der Waals surface area contributed by atoms with Gasteiger partial charge in [0, 0.05) is 37.2 Å². The maximum Gasteiger partial charge on any atom is 0.255 e. The van der Waals surface area contributed by atoms with Gasteiger partial charge in [-0.1, -0.05) is 46.9 Å². The van der Waals surface area contributed by atoms with Gasteiger partial charge in [-0.05, 0) is 61.4 Å². The lowest BCUT2D eigenvalue weighted by Crippen LogP contribution is -2.37. The van der Waals surface area contributed by atoms with Crippen molar-refractivity contribution in [1.29, 1.82) is 0 Å². The Kier molecular flexibility index (Phi) is 10.3. The van der Waals surface area contributed by atoms with E-state index in [4.69, 9.17) is 62.7 Å². The number of alkyl halides is 2. The molecule has 1 N–H and O–H groups in total. The number of nitrogens with one attached hydrogen (secondary N) is 1. The van der Waals surface area contributed by atoms with Gasteiger partial charge < -0.3 is 15.0 Å². The van der Waals surface area contributed by atoms with Crippen LogP contribution in [-0.2, 0) is 20.7 Å². The Labute approximate surface area is 272 Å². The molecular weight excluding hydrogens is 668 g/mol. The standard InChI is InChI=1S/C30H25Cl5F2N2O4/c1-4-43-14(2)29(42)39(3)27-22(36)10-6-16(26(27)37)12-23(40)18-13-17(7-9-19(18)31)38-28(41)25-24(30(25,34)35)15-5-8-20(32)21(33)11-15/h5-11,13-14,24-25H,4,12H2,1-3H3,(H,38,41)/t14?,24-,25+/m0/s1. The summed E-state index contributed by atoms with van der Waals surface area (Å²) in [6, 6.07) is 11.2. The predicted molar refractivity (Wildman–Crippen MR) is 166 cm³/mol. The molecule has 1 aliphatic carbocycles. The summed E-state index contributed by atoms with van der Waals surface area (Å²) >= 11 is 31.2. The van der Waals surface area contributed by atoms with E-state index in [2.05, 4.69) is 5.32 Å². The molecular formula is C30H25Cl5F2N2O4. The molecule has 2 amide bonds. The molecule has 1 fully saturated rings. The van der Waals surface area contributed by atoms with Crippen LogP contribution in [0.1, 0.15) is 41.3 Å². The number of benzene rings is 3. The summed E-state index contributed by atoms with van der Waals surface area (Å²) < 4.78 is 33.9. The van der Waals surface area contributed by atoms with E-state index < -0.39 is 63.6 Å². The van der Waals surface area contributed by atoms with Crippen molar-refractivity contribution in [3.8, 4) is 0 Å². The second-order valence-corrected chi connectivity index (χ2v) is 12.6. The molecule has 0 radical (unpaired) electrons. The number of likely N-dealkylation sites (N-methyl/N-ethyl adjacent to an activating group) is 1. The van der Waals surface area contributed by atoms with Crippen LogP contribution < -0.4 is 10.2 Å². The highest BCUT2D eigenvalue weighted by Crippen LogP contribution is 2.65. The third-order valence-electron chi connectivity index (χ3n) is 7.10. The second kappa shape index (κ2) is 13.3. The average molecular weight is 693 g/mol. The van der Waals surface area contributed by atoms with E-state index in [0.717, 1.165) is 17.0 Å². The van der Waals surface area contributed by atoms with E-state index in [1.54, 1.807) is 25.1 Å². The van der Waals surface area contributed by atoms with Gasteiger partial charge in [0.05, 0.1) is 21.0 Å². The average Bonchev–Trinajstić information content (AvgIpc) is 3.54. The van der Waals surface area contributed by atoms with Gasteiger partial charge in [0.2, 0.25) is 5.91 Å². The molecule has 228 valence electrons. The van der Waals surface area contributed by atoms with Gasteiger partial charge in [0.1, 0.15) is 21.9 Å². The molecule has 3 atom stereocenters. The van der Waals surface area contributed by atoms with E-state index in [-0.39, 0.29) is 28.4 Å². The number of hydrogen-bond acceptors (Lipinski definition) is 4. The largest absolute Gasteiger partial charge is 0.369 e. The van der Waals surface area contributed by atoms with Crippen LogP contribution in [0, 0.1) is 17.6 Å². The Bertz CT molecular complexity index is 1600. The number of anilines is 2. The van der Waals surface area contributed by atoms with Crippen LogP contribution in [0.15, 0.2) is 48.5 Å². The quantitative estimate of drug-likeness (QED) is 0.172. The van der Waals surface area contributed by atoms with Gasteiger partial charge in [-0.2, -0.15) is 0 Å². The van der Waals surface area contributed by atoms with Crippen molar-refractivity contribution in [2.45, 2.75) is 36.6 Å². The van der Waals surface area contributed by atoms with Crippen molar-refractivity contribution in [2.75, 3.05) is 23.9 Å². The molecule has 1 saturated carbocycles. The first kappa shape index (κ1) is 33.4. The molecule has 3 aromatic rings. The summed E-state index contributed by atoms with van der Waals surface area (Å²) in [7, 11) is 1.22. The molecule has 1 unspecified atom stereocenters. The summed E-state index contributed by atoms with van der Waals surface area (Å²) in [6.45, 7) is 3.39. The first-order valence-corrected chi connectivity index (χ1v) is 14.9. The number of amides is 2. The minimum absolute atomic E-state index is 0.0148. The van der Waals surface area contributed by atoms with Crippen LogP contribution in [0.2, 0.25) is 15.1 Å². The first-order valence-electron chi connectivity index (χ1n) is 13.0. The Hall–Kier alpha value is -2.46. The summed E-state index contributed by atoms with van der Waals surface area (Å²) in [5.41, 5.74) is 0.0655. The summed E-state index contributed by atoms with van der Waals surface area (Å²) in [5, 5.41) is 3.37. The monoisotopic (exact) mass is 690 g/mol. The molecule has 0 heterocycles. The van der Waals surface area contributed by atoms with Gasteiger partial charge >= 0.3 is 0 Å². The lowest BCUT2D eigenvalue weighted by atomic mass is 10.0. The van der Waals surface area contributed by atoms with Crippen molar-refractivity contribution >= 4 is 87.0 Å². The van der Waals surface area contributed by atoms with Gasteiger partial charge in [0.15, 0.2) is 11.6 Å². The van der Waals surface area contributed by atoms with Gasteiger partial charge in [-0.3, -0.25) is 14.4 Å². The summed E-state index contributed by atoms with van der Waals surface area (Å²) in [6.07, 6.45) is -1.44. The van der Waals surface area contributed by atoms with E-state index in [0.29, 0.717) is 15.6 Å². The molecule has 43 heavy (non-hydrogen) atoms. The SMILES string of the molecule is CCOC(C)C(=O)N(C)c1c(F)ccc(CC(=O)c2cc(NC(=O)[C@H]3[C@H](c4ccc(Cl)c(Cl)c4)C3(Cl)Cl)ccc2Cl)c1F. The minimum Gasteiger partial charge on any atom is -0.369 e. The van der Waals surface area contributed by atoms with Gasteiger partial charge in [-0.15, -0.1) is 23.2 Å². The Balaban J connectivity index is 1.52. The number of rotatable bonds is 10. The lowest BCUT2D eigenvalue weighted by molar-refractivity contribution is -0.128. The number of Topliss-reactive ketones (excluding diaryl/α,β-unsaturated/α-hetero) is 1. The number of nitrogens with zero attached hydrogens (tertiary/aromatic N) is 1. The zero-order chi connectivity index (χ0) is 31.8. The van der Waals surface area contributed by atoms with Crippen LogP contribution in [0.3, 0.4) is 0 Å². The van der Waals surface area contributed by atoms with Crippen molar-refractivity contribution in [1.82, 2.24) is 0 Å².